The molecule has 96 valence electrons. The number of halogens is 1. The molecule has 2 atom stereocenters. The van der Waals surface area contributed by atoms with Crippen molar-refractivity contribution in [2.24, 2.45) is 0 Å². The molecule has 1 aromatic carbocycles. The SMILES string of the molecule is OC(CCS)C(O)c1cc2ccccc2nc1Cl. The van der Waals surface area contributed by atoms with Crippen LogP contribution in [0.15, 0.2) is 30.3 Å². The summed E-state index contributed by atoms with van der Waals surface area (Å²) in [5, 5.41) is 20.9. The Bertz CT molecular complexity index is 550. The smallest absolute Gasteiger partial charge is 0.135 e. The summed E-state index contributed by atoms with van der Waals surface area (Å²) in [6.07, 6.45) is -1.53. The summed E-state index contributed by atoms with van der Waals surface area (Å²) in [5.41, 5.74) is 1.21. The minimum absolute atomic E-state index is 0.222. The molecule has 0 aliphatic carbocycles. The van der Waals surface area contributed by atoms with Gasteiger partial charge >= 0.3 is 0 Å². The van der Waals surface area contributed by atoms with Crippen LogP contribution in [0.2, 0.25) is 5.15 Å². The zero-order valence-electron chi connectivity index (χ0n) is 9.62. The number of benzene rings is 1. The van der Waals surface area contributed by atoms with E-state index < -0.39 is 12.2 Å². The molecule has 0 bridgehead atoms. The highest BCUT2D eigenvalue weighted by atomic mass is 35.5. The third-order valence-electron chi connectivity index (χ3n) is 2.81. The minimum atomic E-state index is -1.04. The first-order valence-electron chi connectivity index (χ1n) is 5.65. The van der Waals surface area contributed by atoms with Crippen molar-refractivity contribution in [3.63, 3.8) is 0 Å². The third kappa shape index (κ3) is 2.78. The van der Waals surface area contributed by atoms with Crippen molar-refractivity contribution in [1.29, 1.82) is 0 Å². The van der Waals surface area contributed by atoms with Crippen molar-refractivity contribution in [2.75, 3.05) is 5.75 Å². The van der Waals surface area contributed by atoms with Gasteiger partial charge in [0.25, 0.3) is 0 Å². The van der Waals surface area contributed by atoms with Crippen LogP contribution in [-0.2, 0) is 0 Å². The average molecular weight is 284 g/mol. The van der Waals surface area contributed by atoms with Crippen LogP contribution in [0, 0.1) is 0 Å². The van der Waals surface area contributed by atoms with Crippen molar-refractivity contribution in [2.45, 2.75) is 18.6 Å². The fourth-order valence-corrected chi connectivity index (χ4v) is 2.34. The van der Waals surface area contributed by atoms with E-state index in [2.05, 4.69) is 17.6 Å². The van der Waals surface area contributed by atoms with Gasteiger partial charge in [0.15, 0.2) is 0 Å². The second-order valence-corrected chi connectivity index (χ2v) is 4.89. The van der Waals surface area contributed by atoms with Crippen molar-refractivity contribution >= 4 is 35.1 Å². The topological polar surface area (TPSA) is 53.4 Å². The molecule has 0 amide bonds. The second-order valence-electron chi connectivity index (χ2n) is 4.09. The van der Waals surface area contributed by atoms with Crippen LogP contribution in [-0.4, -0.2) is 27.1 Å². The monoisotopic (exact) mass is 283 g/mol. The molecule has 3 nitrogen and oxygen atoms in total. The van der Waals surface area contributed by atoms with Gasteiger partial charge in [-0.2, -0.15) is 12.6 Å². The minimum Gasteiger partial charge on any atom is -0.390 e. The number of aliphatic hydroxyl groups excluding tert-OH is 2. The zero-order valence-corrected chi connectivity index (χ0v) is 11.3. The maximum atomic E-state index is 10.1. The van der Waals surface area contributed by atoms with Gasteiger partial charge in [0.05, 0.1) is 11.6 Å². The molecule has 2 rings (SSSR count). The Balaban J connectivity index is 2.41. The number of hydrogen-bond donors (Lipinski definition) is 3. The number of pyridine rings is 1. The molecule has 0 spiro atoms. The van der Waals surface area contributed by atoms with Crippen LogP contribution in [0.5, 0.6) is 0 Å². The Morgan fingerprint density at radius 3 is 2.72 bits per heavy atom. The third-order valence-corrected chi connectivity index (χ3v) is 3.37. The Labute approximate surface area is 116 Å². The first-order chi connectivity index (χ1) is 8.63. The Kier molecular flexibility index (Phi) is 4.45. The quantitative estimate of drug-likeness (QED) is 0.597. The van der Waals surface area contributed by atoms with Crippen molar-refractivity contribution in [1.82, 2.24) is 4.98 Å². The summed E-state index contributed by atoms with van der Waals surface area (Å²) in [6.45, 7) is 0. The molecular weight excluding hydrogens is 270 g/mol. The molecular formula is C13H14ClNO2S. The maximum Gasteiger partial charge on any atom is 0.135 e. The van der Waals surface area contributed by atoms with Crippen molar-refractivity contribution in [3.8, 4) is 0 Å². The number of aliphatic hydroxyl groups is 2. The molecule has 2 aromatic rings. The van der Waals surface area contributed by atoms with Crippen LogP contribution < -0.4 is 0 Å². The predicted octanol–water partition coefficient (Wildman–Crippen LogP) is 2.60. The first kappa shape index (κ1) is 13.6. The Morgan fingerprint density at radius 1 is 1.28 bits per heavy atom. The van der Waals surface area contributed by atoms with E-state index in [-0.39, 0.29) is 5.15 Å². The van der Waals surface area contributed by atoms with Crippen LogP contribution in [0.4, 0.5) is 0 Å². The van der Waals surface area contributed by atoms with Gasteiger partial charge in [-0.25, -0.2) is 4.98 Å². The second kappa shape index (κ2) is 5.89. The summed E-state index contributed by atoms with van der Waals surface area (Å²) in [7, 11) is 0. The van der Waals surface area contributed by atoms with Gasteiger partial charge in [0.2, 0.25) is 0 Å². The molecule has 18 heavy (non-hydrogen) atoms. The van der Waals surface area contributed by atoms with E-state index in [0.717, 1.165) is 10.9 Å². The molecule has 0 radical (unpaired) electrons. The van der Waals surface area contributed by atoms with E-state index in [1.807, 2.05) is 24.3 Å². The molecule has 0 aliphatic heterocycles. The van der Waals surface area contributed by atoms with Crippen LogP contribution in [0.1, 0.15) is 18.1 Å². The van der Waals surface area contributed by atoms with Crippen LogP contribution in [0.25, 0.3) is 10.9 Å². The highest BCUT2D eigenvalue weighted by molar-refractivity contribution is 7.80. The fourth-order valence-electron chi connectivity index (χ4n) is 1.81. The molecule has 2 unspecified atom stereocenters. The van der Waals surface area contributed by atoms with Crippen molar-refractivity contribution in [3.05, 3.63) is 41.0 Å². The maximum absolute atomic E-state index is 10.1. The zero-order chi connectivity index (χ0) is 13.1. The lowest BCUT2D eigenvalue weighted by atomic mass is 10.0. The molecule has 1 heterocycles. The van der Waals surface area contributed by atoms with Crippen molar-refractivity contribution < 1.29 is 10.2 Å². The van der Waals surface area contributed by atoms with Gasteiger partial charge in [-0.1, -0.05) is 29.8 Å². The van der Waals surface area contributed by atoms with Gasteiger partial charge in [-0.05, 0) is 24.3 Å². The molecule has 1 aromatic heterocycles. The Hall–Kier alpha value is -0.810. The molecule has 5 heteroatoms. The van der Waals surface area contributed by atoms with Gasteiger partial charge in [0.1, 0.15) is 11.3 Å². The number of nitrogens with zero attached hydrogens (tertiary/aromatic N) is 1. The van der Waals surface area contributed by atoms with E-state index in [1.165, 1.54) is 0 Å². The lowest BCUT2D eigenvalue weighted by molar-refractivity contribution is 0.0172. The van der Waals surface area contributed by atoms with Crippen LogP contribution in [0.3, 0.4) is 0 Å². The lowest BCUT2D eigenvalue weighted by Gasteiger charge is -2.18. The fraction of sp³-hybridized carbons (Fsp3) is 0.308. The Morgan fingerprint density at radius 2 is 2.00 bits per heavy atom. The van der Waals surface area contributed by atoms with E-state index in [0.29, 0.717) is 17.7 Å². The van der Waals surface area contributed by atoms with E-state index in [4.69, 9.17) is 11.6 Å². The molecule has 2 N–H and O–H groups in total. The normalized spacial score (nSPS) is 14.7. The lowest BCUT2D eigenvalue weighted by Crippen LogP contribution is -2.19. The van der Waals surface area contributed by atoms with Gasteiger partial charge in [-0.3, -0.25) is 0 Å². The first-order valence-corrected chi connectivity index (χ1v) is 6.66. The van der Waals surface area contributed by atoms with Gasteiger partial charge < -0.3 is 10.2 Å². The number of aromatic nitrogens is 1. The summed E-state index contributed by atoms with van der Waals surface area (Å²) in [5.74, 6) is 0.497. The highest BCUT2D eigenvalue weighted by Gasteiger charge is 2.21. The van der Waals surface area contributed by atoms with E-state index >= 15 is 0 Å². The molecule has 0 aliphatic rings. The summed E-state index contributed by atoms with van der Waals surface area (Å²) in [6, 6.07) is 9.26. The van der Waals surface area contributed by atoms with E-state index in [9.17, 15) is 10.2 Å². The predicted molar refractivity (Wildman–Crippen MR) is 76.2 cm³/mol. The highest BCUT2D eigenvalue weighted by Crippen LogP contribution is 2.28. The van der Waals surface area contributed by atoms with Gasteiger partial charge in [-0.15, -0.1) is 0 Å². The molecule has 0 saturated carbocycles. The standard InChI is InChI=1S/C13H14ClNO2S/c14-13-9(12(17)11(16)5-6-18)7-8-3-1-2-4-10(8)15-13/h1-4,7,11-12,16-18H,5-6H2. The summed E-state index contributed by atoms with van der Waals surface area (Å²) in [4.78, 5) is 4.21. The number of fused-ring (bicyclic) bond motifs is 1. The molecule has 0 saturated heterocycles. The number of hydrogen-bond acceptors (Lipinski definition) is 4. The summed E-state index contributed by atoms with van der Waals surface area (Å²) < 4.78 is 0. The molecule has 0 fully saturated rings. The van der Waals surface area contributed by atoms with E-state index in [1.54, 1.807) is 6.07 Å². The van der Waals surface area contributed by atoms with Crippen LogP contribution >= 0.6 is 24.2 Å². The average Bonchev–Trinajstić information content (AvgIpc) is 2.37. The summed E-state index contributed by atoms with van der Waals surface area (Å²) >= 11 is 10.1. The van der Waals surface area contributed by atoms with Gasteiger partial charge in [0, 0.05) is 10.9 Å². The number of rotatable bonds is 4. The number of para-hydroxylation sites is 1. The largest absolute Gasteiger partial charge is 0.390 e. The number of thiol groups is 1.